The molecule has 0 spiro atoms. The molecule has 0 aliphatic heterocycles. The van der Waals surface area contributed by atoms with Gasteiger partial charge in [-0.3, -0.25) is 0 Å². The molecule has 0 unspecified atom stereocenters. The fourth-order valence-electron chi connectivity index (χ4n) is 1.49. The number of rotatable bonds is 2. The van der Waals surface area contributed by atoms with Crippen LogP contribution in [0, 0.1) is 12.7 Å². The molecule has 0 N–H and O–H groups in total. The number of hydrogen-bond donors (Lipinski definition) is 0. The number of thiazole rings is 1. The zero-order valence-electron chi connectivity index (χ0n) is 9.66. The fourth-order valence-corrected chi connectivity index (χ4v) is 2.84. The number of methoxy groups -OCH3 is 1. The second kappa shape index (κ2) is 5.04. The molecular formula is C12H9ClFNO2S. The standard InChI is InChI=1S/C12H9ClFNO2S/c1-6-10(12(16)17-2)18-11(15-6)9-7(13)4-3-5-8(9)14/h3-5H,1-2H3. The largest absolute Gasteiger partial charge is 0.465 e. The highest BCUT2D eigenvalue weighted by molar-refractivity contribution is 7.17. The molecule has 0 aliphatic carbocycles. The molecule has 2 rings (SSSR count). The Morgan fingerprint density at radius 2 is 2.22 bits per heavy atom. The van der Waals surface area contributed by atoms with Crippen LogP contribution in [0.3, 0.4) is 0 Å². The molecule has 0 saturated carbocycles. The minimum absolute atomic E-state index is 0.211. The highest BCUT2D eigenvalue weighted by Gasteiger charge is 2.19. The van der Waals surface area contributed by atoms with E-state index in [2.05, 4.69) is 9.72 Å². The van der Waals surface area contributed by atoms with Gasteiger partial charge in [-0.15, -0.1) is 11.3 Å². The number of carbonyl (C=O) groups excluding carboxylic acids is 1. The summed E-state index contributed by atoms with van der Waals surface area (Å²) in [6.45, 7) is 1.67. The molecule has 0 amide bonds. The lowest BCUT2D eigenvalue weighted by molar-refractivity contribution is 0.0605. The predicted molar refractivity (Wildman–Crippen MR) is 68.6 cm³/mol. The third kappa shape index (κ3) is 2.23. The molecular weight excluding hydrogens is 277 g/mol. The van der Waals surface area contributed by atoms with E-state index in [1.54, 1.807) is 13.0 Å². The topological polar surface area (TPSA) is 39.2 Å². The number of carbonyl (C=O) groups is 1. The highest BCUT2D eigenvalue weighted by atomic mass is 35.5. The zero-order chi connectivity index (χ0) is 13.3. The van der Waals surface area contributed by atoms with Crippen molar-refractivity contribution < 1.29 is 13.9 Å². The van der Waals surface area contributed by atoms with Crippen molar-refractivity contribution in [2.45, 2.75) is 6.92 Å². The molecule has 1 aromatic carbocycles. The summed E-state index contributed by atoms with van der Waals surface area (Å²) in [4.78, 5) is 16.0. The van der Waals surface area contributed by atoms with E-state index < -0.39 is 11.8 Å². The lowest BCUT2D eigenvalue weighted by Gasteiger charge is -2.00. The third-order valence-electron chi connectivity index (χ3n) is 2.34. The number of nitrogens with zero attached hydrogens (tertiary/aromatic N) is 1. The number of benzene rings is 1. The molecule has 0 atom stereocenters. The van der Waals surface area contributed by atoms with Gasteiger partial charge in [0.1, 0.15) is 15.7 Å². The average Bonchev–Trinajstić information content (AvgIpc) is 2.70. The summed E-state index contributed by atoms with van der Waals surface area (Å²) in [5.74, 6) is -0.948. The summed E-state index contributed by atoms with van der Waals surface area (Å²) in [6, 6.07) is 4.40. The van der Waals surface area contributed by atoms with Crippen molar-refractivity contribution in [3.05, 3.63) is 39.6 Å². The summed E-state index contributed by atoms with van der Waals surface area (Å²) in [5.41, 5.74) is 0.712. The van der Waals surface area contributed by atoms with Crippen molar-refractivity contribution in [1.29, 1.82) is 0 Å². The van der Waals surface area contributed by atoms with Gasteiger partial charge in [-0.25, -0.2) is 14.2 Å². The molecule has 1 aromatic heterocycles. The maximum atomic E-state index is 13.7. The van der Waals surface area contributed by atoms with Crippen molar-refractivity contribution in [2.24, 2.45) is 0 Å². The second-order valence-corrected chi connectivity index (χ2v) is 4.93. The molecule has 0 bridgehead atoms. The van der Waals surface area contributed by atoms with Crippen molar-refractivity contribution in [2.75, 3.05) is 7.11 Å². The summed E-state index contributed by atoms with van der Waals surface area (Å²) >= 11 is 7.01. The molecule has 94 valence electrons. The summed E-state index contributed by atoms with van der Waals surface area (Å²) in [5, 5.41) is 0.635. The van der Waals surface area contributed by atoms with Crippen molar-refractivity contribution in [3.63, 3.8) is 0 Å². The van der Waals surface area contributed by atoms with Gasteiger partial charge < -0.3 is 4.74 Å². The van der Waals surface area contributed by atoms with E-state index in [-0.39, 0.29) is 10.6 Å². The molecule has 18 heavy (non-hydrogen) atoms. The van der Waals surface area contributed by atoms with Gasteiger partial charge in [0.2, 0.25) is 0 Å². The minimum atomic E-state index is -0.483. The van der Waals surface area contributed by atoms with Gasteiger partial charge in [0.25, 0.3) is 0 Å². The van der Waals surface area contributed by atoms with Crippen LogP contribution >= 0.6 is 22.9 Å². The number of halogens is 2. The average molecular weight is 286 g/mol. The minimum Gasteiger partial charge on any atom is -0.465 e. The van der Waals surface area contributed by atoms with Gasteiger partial charge in [-0.2, -0.15) is 0 Å². The van der Waals surface area contributed by atoms with Crippen LogP contribution in [0.25, 0.3) is 10.6 Å². The highest BCUT2D eigenvalue weighted by Crippen LogP contribution is 2.34. The first-order valence-corrected chi connectivity index (χ1v) is 6.24. The smallest absolute Gasteiger partial charge is 0.349 e. The Labute approximate surface area is 112 Å². The normalized spacial score (nSPS) is 10.4. The van der Waals surface area contributed by atoms with E-state index in [4.69, 9.17) is 11.6 Å². The Balaban J connectivity index is 2.56. The lowest BCUT2D eigenvalue weighted by atomic mass is 10.2. The van der Waals surface area contributed by atoms with Gasteiger partial charge in [-0.05, 0) is 19.1 Å². The summed E-state index contributed by atoms with van der Waals surface area (Å²) in [6.07, 6.45) is 0. The number of esters is 1. The number of aryl methyl sites for hydroxylation is 1. The van der Waals surface area contributed by atoms with E-state index in [1.165, 1.54) is 19.2 Å². The van der Waals surface area contributed by atoms with Crippen LogP contribution in [0.2, 0.25) is 5.02 Å². The van der Waals surface area contributed by atoms with Gasteiger partial charge >= 0.3 is 5.97 Å². The first-order chi connectivity index (χ1) is 8.54. The Hall–Kier alpha value is -1.46. The van der Waals surface area contributed by atoms with E-state index in [1.807, 2.05) is 0 Å². The van der Waals surface area contributed by atoms with Crippen LogP contribution in [0.15, 0.2) is 18.2 Å². The predicted octanol–water partition coefficient (Wildman–Crippen LogP) is 3.70. The first-order valence-electron chi connectivity index (χ1n) is 5.04. The van der Waals surface area contributed by atoms with Gasteiger partial charge in [0.15, 0.2) is 0 Å². The summed E-state index contributed by atoms with van der Waals surface area (Å²) in [7, 11) is 1.29. The number of hydrogen-bond acceptors (Lipinski definition) is 4. The van der Waals surface area contributed by atoms with Gasteiger partial charge in [-0.1, -0.05) is 17.7 Å². The molecule has 1 heterocycles. The van der Waals surface area contributed by atoms with Crippen LogP contribution < -0.4 is 0 Å². The molecule has 0 saturated heterocycles. The van der Waals surface area contributed by atoms with E-state index in [0.29, 0.717) is 15.6 Å². The maximum absolute atomic E-state index is 13.7. The van der Waals surface area contributed by atoms with Gasteiger partial charge in [0.05, 0.1) is 23.4 Å². The Kier molecular flexibility index (Phi) is 3.63. The van der Waals surface area contributed by atoms with E-state index >= 15 is 0 Å². The molecule has 0 aliphatic rings. The van der Waals surface area contributed by atoms with Crippen LogP contribution in [-0.2, 0) is 4.74 Å². The first kappa shape index (κ1) is 13.0. The maximum Gasteiger partial charge on any atom is 0.349 e. The van der Waals surface area contributed by atoms with Crippen LogP contribution in [0.4, 0.5) is 4.39 Å². The lowest BCUT2D eigenvalue weighted by Crippen LogP contribution is -1.99. The Bertz CT molecular complexity index is 592. The molecule has 0 fully saturated rings. The summed E-state index contributed by atoms with van der Waals surface area (Å²) < 4.78 is 18.4. The fraction of sp³-hybridized carbons (Fsp3) is 0.167. The van der Waals surface area contributed by atoms with Crippen LogP contribution in [0.1, 0.15) is 15.4 Å². The zero-order valence-corrected chi connectivity index (χ0v) is 11.2. The van der Waals surface area contributed by atoms with E-state index in [9.17, 15) is 9.18 Å². The Morgan fingerprint density at radius 1 is 1.50 bits per heavy atom. The number of ether oxygens (including phenoxy) is 1. The number of aromatic nitrogens is 1. The molecule has 3 nitrogen and oxygen atoms in total. The quantitative estimate of drug-likeness (QED) is 0.790. The van der Waals surface area contributed by atoms with Gasteiger partial charge in [0, 0.05) is 0 Å². The monoisotopic (exact) mass is 285 g/mol. The molecule has 2 aromatic rings. The van der Waals surface area contributed by atoms with Crippen molar-refractivity contribution >= 4 is 28.9 Å². The van der Waals surface area contributed by atoms with Crippen LogP contribution in [0.5, 0.6) is 0 Å². The molecule has 0 radical (unpaired) electrons. The van der Waals surface area contributed by atoms with Crippen molar-refractivity contribution in [3.8, 4) is 10.6 Å². The Morgan fingerprint density at radius 3 is 2.83 bits per heavy atom. The van der Waals surface area contributed by atoms with E-state index in [0.717, 1.165) is 11.3 Å². The van der Waals surface area contributed by atoms with Crippen LogP contribution in [-0.4, -0.2) is 18.1 Å². The molecule has 6 heteroatoms. The SMILES string of the molecule is COC(=O)c1sc(-c2c(F)cccc2Cl)nc1C. The second-order valence-electron chi connectivity index (χ2n) is 3.52. The third-order valence-corrected chi connectivity index (χ3v) is 3.81. The van der Waals surface area contributed by atoms with Crippen molar-refractivity contribution in [1.82, 2.24) is 4.98 Å².